The van der Waals surface area contributed by atoms with E-state index in [-0.39, 0.29) is 30.5 Å². The molecule has 7 heteroatoms. The largest absolute Gasteiger partial charge is 0.466 e. The molecule has 2 rings (SSSR count). The molecule has 0 fully saturated rings. The summed E-state index contributed by atoms with van der Waals surface area (Å²) in [5, 5.41) is 13.8. The van der Waals surface area contributed by atoms with Crippen LogP contribution in [0.4, 0.5) is 0 Å². The topological polar surface area (TPSA) is 61.0 Å². The predicted molar refractivity (Wildman–Crippen MR) is 115 cm³/mol. The maximum Gasteiger partial charge on any atom is 0.194 e. The molecule has 0 saturated carbocycles. The van der Waals surface area contributed by atoms with Gasteiger partial charge in [0.15, 0.2) is 5.96 Å². The van der Waals surface area contributed by atoms with E-state index in [0.717, 1.165) is 23.5 Å². The van der Waals surface area contributed by atoms with E-state index in [1.807, 2.05) is 31.0 Å². The molecule has 0 bridgehead atoms. The highest BCUT2D eigenvalue weighted by atomic mass is 127. The Morgan fingerprint density at radius 1 is 1.32 bits per heavy atom. The Morgan fingerprint density at radius 2 is 2.00 bits per heavy atom. The first-order valence-electron chi connectivity index (χ1n) is 7.92. The Labute approximate surface area is 174 Å². The second-order valence-electron chi connectivity index (χ2n) is 5.90. The summed E-state index contributed by atoms with van der Waals surface area (Å²) >= 11 is 3.44. The number of benzene rings is 1. The van der Waals surface area contributed by atoms with Gasteiger partial charge in [0.25, 0.3) is 0 Å². The van der Waals surface area contributed by atoms with Gasteiger partial charge in [-0.1, -0.05) is 28.1 Å². The van der Waals surface area contributed by atoms with Gasteiger partial charge < -0.3 is 19.7 Å². The van der Waals surface area contributed by atoms with Gasteiger partial charge in [-0.3, -0.25) is 0 Å². The molecule has 1 aromatic carbocycles. The van der Waals surface area contributed by atoms with Gasteiger partial charge in [-0.2, -0.15) is 0 Å². The van der Waals surface area contributed by atoms with Gasteiger partial charge in [-0.25, -0.2) is 4.99 Å². The van der Waals surface area contributed by atoms with Crippen LogP contribution in [0.1, 0.15) is 25.2 Å². The number of halogens is 2. The van der Waals surface area contributed by atoms with E-state index in [4.69, 9.17) is 4.42 Å². The molecule has 138 valence electrons. The first-order chi connectivity index (χ1) is 11.4. The third kappa shape index (κ3) is 6.63. The number of guanidine groups is 1. The van der Waals surface area contributed by atoms with Crippen LogP contribution in [0.25, 0.3) is 0 Å². The molecular weight excluding hydrogens is 497 g/mol. The Bertz CT molecular complexity index is 657. The van der Waals surface area contributed by atoms with Gasteiger partial charge in [0, 0.05) is 24.6 Å². The molecule has 0 aliphatic heterocycles. The molecule has 0 amide bonds. The summed E-state index contributed by atoms with van der Waals surface area (Å²) in [6.45, 7) is 5.42. The van der Waals surface area contributed by atoms with Gasteiger partial charge >= 0.3 is 0 Å². The molecule has 1 unspecified atom stereocenters. The fraction of sp³-hybridized carbons (Fsp3) is 0.389. The molecule has 25 heavy (non-hydrogen) atoms. The lowest BCUT2D eigenvalue weighted by atomic mass is 10.0. The quantitative estimate of drug-likeness (QED) is 0.343. The van der Waals surface area contributed by atoms with Crippen molar-refractivity contribution in [3.63, 3.8) is 0 Å². The highest BCUT2D eigenvalue weighted by Gasteiger charge is 2.26. The van der Waals surface area contributed by atoms with Gasteiger partial charge in [0.1, 0.15) is 11.4 Å². The third-order valence-electron chi connectivity index (χ3n) is 3.62. The zero-order valence-electron chi connectivity index (χ0n) is 14.7. The van der Waals surface area contributed by atoms with E-state index < -0.39 is 5.60 Å². The minimum atomic E-state index is -1.14. The van der Waals surface area contributed by atoms with Crippen molar-refractivity contribution in [2.45, 2.75) is 26.0 Å². The summed E-state index contributed by atoms with van der Waals surface area (Å²) in [5.41, 5.74) is 0.0481. The lowest BCUT2D eigenvalue weighted by Crippen LogP contribution is -2.39. The number of hydrogen-bond acceptors (Lipinski definition) is 3. The average molecular weight is 522 g/mol. The summed E-state index contributed by atoms with van der Waals surface area (Å²) in [4.78, 5) is 6.60. The van der Waals surface area contributed by atoms with Gasteiger partial charge in [0.2, 0.25) is 0 Å². The van der Waals surface area contributed by atoms with Gasteiger partial charge in [0.05, 0.1) is 12.8 Å². The van der Waals surface area contributed by atoms with Crippen molar-refractivity contribution in [3.05, 3.63) is 58.5 Å². The first-order valence-corrected chi connectivity index (χ1v) is 8.72. The number of nitrogens with zero attached hydrogens (tertiary/aromatic N) is 2. The second kappa shape index (κ2) is 10.2. The highest BCUT2D eigenvalue weighted by Crippen LogP contribution is 2.21. The molecule has 2 N–H and O–H groups in total. The maximum atomic E-state index is 10.5. The van der Waals surface area contributed by atoms with Crippen molar-refractivity contribution in [2.24, 2.45) is 4.99 Å². The lowest BCUT2D eigenvalue weighted by molar-refractivity contribution is 0.0435. The summed E-state index contributed by atoms with van der Waals surface area (Å²) < 4.78 is 6.36. The van der Waals surface area contributed by atoms with Crippen LogP contribution < -0.4 is 5.32 Å². The average Bonchev–Trinajstić information content (AvgIpc) is 3.09. The number of hydrogen-bond donors (Lipinski definition) is 2. The van der Waals surface area contributed by atoms with Crippen LogP contribution >= 0.6 is 39.9 Å². The molecule has 0 radical (unpaired) electrons. The van der Waals surface area contributed by atoms with Crippen LogP contribution in [0.5, 0.6) is 0 Å². The van der Waals surface area contributed by atoms with Crippen LogP contribution in [0.2, 0.25) is 0 Å². The predicted octanol–water partition coefficient (Wildman–Crippen LogP) is 3.97. The summed E-state index contributed by atoms with van der Waals surface area (Å²) in [6, 6.07) is 11.7. The van der Waals surface area contributed by atoms with Crippen molar-refractivity contribution >= 4 is 45.9 Å². The third-order valence-corrected chi connectivity index (χ3v) is 4.15. The second-order valence-corrected chi connectivity index (χ2v) is 6.82. The molecule has 0 saturated heterocycles. The summed E-state index contributed by atoms with van der Waals surface area (Å²) in [6.07, 6.45) is 1.55. The van der Waals surface area contributed by atoms with Crippen molar-refractivity contribution in [2.75, 3.05) is 20.1 Å². The Kier molecular flexibility index (Phi) is 8.95. The Balaban J connectivity index is 0.00000312. The molecule has 1 aromatic heterocycles. The van der Waals surface area contributed by atoms with E-state index in [9.17, 15) is 5.11 Å². The zero-order chi connectivity index (χ0) is 17.6. The minimum absolute atomic E-state index is 0. The summed E-state index contributed by atoms with van der Waals surface area (Å²) in [5.74, 6) is 1.25. The maximum absolute atomic E-state index is 10.5. The molecule has 5 nitrogen and oxygen atoms in total. The van der Waals surface area contributed by atoms with E-state index >= 15 is 0 Å². The van der Waals surface area contributed by atoms with Crippen molar-refractivity contribution in [1.82, 2.24) is 10.2 Å². The molecule has 2 aromatic rings. The monoisotopic (exact) mass is 521 g/mol. The van der Waals surface area contributed by atoms with Crippen LogP contribution in [0.3, 0.4) is 0 Å². The van der Waals surface area contributed by atoms with Gasteiger partial charge in [-0.15, -0.1) is 24.0 Å². The highest BCUT2D eigenvalue weighted by molar-refractivity contribution is 14.0. The molecule has 1 atom stereocenters. The van der Waals surface area contributed by atoms with E-state index in [0.29, 0.717) is 5.76 Å². The smallest absolute Gasteiger partial charge is 0.194 e. The first kappa shape index (κ1) is 22.0. The SMILES string of the molecule is CCNC(=NCC(C)(O)c1ccco1)N(C)Cc1ccc(Br)cc1.I. The molecule has 0 aliphatic rings. The standard InChI is InChI=1S/C18H24BrN3O2.HI/c1-4-20-17(21-13-18(2,23)16-6-5-11-24-16)22(3)12-14-7-9-15(19)10-8-14;/h5-11,23H,4,12-13H2,1-3H3,(H,20,21);1H. The number of rotatable bonds is 6. The number of nitrogens with one attached hydrogen (secondary N) is 1. The van der Waals surface area contributed by atoms with E-state index in [1.165, 1.54) is 5.56 Å². The fourth-order valence-electron chi connectivity index (χ4n) is 2.30. The molecule has 0 aliphatic carbocycles. The van der Waals surface area contributed by atoms with Crippen molar-refractivity contribution in [3.8, 4) is 0 Å². The molecule has 1 heterocycles. The number of furan rings is 1. The van der Waals surface area contributed by atoms with Crippen LogP contribution in [-0.2, 0) is 12.1 Å². The van der Waals surface area contributed by atoms with Crippen molar-refractivity contribution in [1.29, 1.82) is 0 Å². The van der Waals surface area contributed by atoms with Gasteiger partial charge in [-0.05, 0) is 43.7 Å². The summed E-state index contributed by atoms with van der Waals surface area (Å²) in [7, 11) is 1.98. The number of aliphatic hydroxyl groups is 1. The zero-order valence-corrected chi connectivity index (χ0v) is 18.6. The van der Waals surface area contributed by atoms with Crippen molar-refractivity contribution < 1.29 is 9.52 Å². The van der Waals surface area contributed by atoms with Crippen LogP contribution in [0, 0.1) is 0 Å². The Morgan fingerprint density at radius 3 is 2.56 bits per heavy atom. The Hall–Kier alpha value is -1.06. The molecular formula is C18H25BrIN3O2. The minimum Gasteiger partial charge on any atom is -0.466 e. The van der Waals surface area contributed by atoms with Crippen LogP contribution in [-0.4, -0.2) is 36.1 Å². The van der Waals surface area contributed by atoms with E-state index in [2.05, 4.69) is 38.4 Å². The lowest BCUT2D eigenvalue weighted by Gasteiger charge is -2.24. The van der Waals surface area contributed by atoms with E-state index in [1.54, 1.807) is 25.3 Å². The molecule has 0 spiro atoms. The normalized spacial score (nSPS) is 13.7. The number of aliphatic imine (C=N–C) groups is 1. The fourth-order valence-corrected chi connectivity index (χ4v) is 2.56. The van der Waals surface area contributed by atoms with Crippen LogP contribution in [0.15, 0.2) is 56.5 Å².